The molecule has 2 rings (SSSR count). The Kier molecular flexibility index (Phi) is 5.03. The largest absolute Gasteiger partial charge is 0.327 e. The van der Waals surface area contributed by atoms with Crippen LogP contribution in [0, 0.1) is 28.9 Å². The van der Waals surface area contributed by atoms with Gasteiger partial charge < -0.3 is 5.73 Å². The summed E-state index contributed by atoms with van der Waals surface area (Å²) in [5.41, 5.74) is 6.72. The Labute approximate surface area is 126 Å². The maximum Gasteiger partial charge on any atom is 0.129 e. The van der Waals surface area contributed by atoms with Crippen molar-refractivity contribution >= 4 is 0 Å². The molecule has 1 saturated carbocycles. The molecule has 1 aliphatic rings. The van der Waals surface area contributed by atoms with Crippen LogP contribution in [-0.4, -0.2) is 6.04 Å². The molecule has 0 spiro atoms. The summed E-state index contributed by atoms with van der Waals surface area (Å²) in [5.74, 6) is 0.149. The van der Waals surface area contributed by atoms with Crippen molar-refractivity contribution in [3.8, 4) is 0 Å². The number of hydrogen-bond acceptors (Lipinski definition) is 1. The SMILES string of the molecule is CC(C)(C)C1CCC(C(N)Cc2c(F)cccc2F)CC1. The molecule has 0 radical (unpaired) electrons. The lowest BCUT2D eigenvalue weighted by atomic mass is 9.68. The van der Waals surface area contributed by atoms with Gasteiger partial charge in [-0.15, -0.1) is 0 Å². The molecule has 0 bridgehead atoms. The molecule has 0 heterocycles. The van der Waals surface area contributed by atoms with Crippen LogP contribution in [0.2, 0.25) is 0 Å². The van der Waals surface area contributed by atoms with Gasteiger partial charge in [-0.25, -0.2) is 8.78 Å². The molecule has 1 aromatic carbocycles. The predicted molar refractivity (Wildman–Crippen MR) is 82.9 cm³/mol. The molecule has 21 heavy (non-hydrogen) atoms. The van der Waals surface area contributed by atoms with Crippen LogP contribution in [0.15, 0.2) is 18.2 Å². The van der Waals surface area contributed by atoms with Crippen LogP contribution in [0.5, 0.6) is 0 Å². The Bertz CT molecular complexity index is 450. The zero-order valence-electron chi connectivity index (χ0n) is 13.3. The molecule has 0 aromatic heterocycles. The van der Waals surface area contributed by atoms with Gasteiger partial charge in [-0.2, -0.15) is 0 Å². The summed E-state index contributed by atoms with van der Waals surface area (Å²) in [7, 11) is 0. The molecular formula is C18H27F2N. The van der Waals surface area contributed by atoms with Crippen molar-refractivity contribution in [3.05, 3.63) is 35.4 Å². The number of nitrogens with two attached hydrogens (primary N) is 1. The van der Waals surface area contributed by atoms with Crippen LogP contribution in [0.25, 0.3) is 0 Å². The first-order valence-electron chi connectivity index (χ1n) is 7.97. The van der Waals surface area contributed by atoms with Gasteiger partial charge in [-0.05, 0) is 61.5 Å². The predicted octanol–water partition coefficient (Wildman–Crippen LogP) is 4.69. The Hall–Kier alpha value is -0.960. The smallest absolute Gasteiger partial charge is 0.129 e. The third kappa shape index (κ3) is 4.03. The Morgan fingerprint density at radius 2 is 1.62 bits per heavy atom. The topological polar surface area (TPSA) is 26.0 Å². The summed E-state index contributed by atoms with van der Waals surface area (Å²) in [6, 6.07) is 3.86. The fourth-order valence-electron chi connectivity index (χ4n) is 3.54. The molecule has 1 fully saturated rings. The van der Waals surface area contributed by atoms with Gasteiger partial charge in [0.25, 0.3) is 0 Å². The molecule has 1 aliphatic carbocycles. The number of rotatable bonds is 3. The molecule has 1 nitrogen and oxygen atoms in total. The van der Waals surface area contributed by atoms with Crippen molar-refractivity contribution in [2.45, 2.75) is 58.9 Å². The van der Waals surface area contributed by atoms with E-state index in [0.717, 1.165) is 18.8 Å². The second-order valence-electron chi connectivity index (χ2n) is 7.55. The summed E-state index contributed by atoms with van der Waals surface area (Å²) in [4.78, 5) is 0. The van der Waals surface area contributed by atoms with Crippen LogP contribution >= 0.6 is 0 Å². The first kappa shape index (κ1) is 16.4. The zero-order valence-corrected chi connectivity index (χ0v) is 13.3. The first-order valence-corrected chi connectivity index (χ1v) is 7.97. The van der Waals surface area contributed by atoms with Gasteiger partial charge in [-0.1, -0.05) is 26.8 Å². The minimum Gasteiger partial charge on any atom is -0.327 e. The molecule has 0 amide bonds. The Balaban J connectivity index is 1.95. The average Bonchev–Trinajstić information content (AvgIpc) is 2.42. The number of hydrogen-bond donors (Lipinski definition) is 1. The highest BCUT2D eigenvalue weighted by Gasteiger charge is 2.32. The van der Waals surface area contributed by atoms with Crippen molar-refractivity contribution in [1.82, 2.24) is 0 Å². The van der Waals surface area contributed by atoms with E-state index in [2.05, 4.69) is 20.8 Å². The van der Waals surface area contributed by atoms with Crippen molar-refractivity contribution in [2.24, 2.45) is 23.0 Å². The zero-order chi connectivity index (χ0) is 15.6. The summed E-state index contributed by atoms with van der Waals surface area (Å²) >= 11 is 0. The monoisotopic (exact) mass is 295 g/mol. The highest BCUT2D eigenvalue weighted by atomic mass is 19.1. The number of benzene rings is 1. The highest BCUT2D eigenvalue weighted by molar-refractivity contribution is 5.20. The van der Waals surface area contributed by atoms with E-state index in [9.17, 15) is 8.78 Å². The van der Waals surface area contributed by atoms with Gasteiger partial charge in [0.05, 0.1) is 0 Å². The van der Waals surface area contributed by atoms with E-state index in [-0.39, 0.29) is 11.6 Å². The summed E-state index contributed by atoms with van der Waals surface area (Å²) in [5, 5.41) is 0. The quantitative estimate of drug-likeness (QED) is 0.860. The summed E-state index contributed by atoms with van der Waals surface area (Å²) < 4.78 is 27.4. The summed E-state index contributed by atoms with van der Waals surface area (Å²) in [6.07, 6.45) is 4.77. The van der Waals surface area contributed by atoms with Gasteiger partial charge in [0.2, 0.25) is 0 Å². The van der Waals surface area contributed by atoms with E-state index >= 15 is 0 Å². The van der Waals surface area contributed by atoms with Crippen LogP contribution < -0.4 is 5.73 Å². The van der Waals surface area contributed by atoms with Crippen LogP contribution in [0.4, 0.5) is 8.78 Å². The molecule has 0 aliphatic heterocycles. The lowest BCUT2D eigenvalue weighted by Crippen LogP contribution is -2.37. The lowest BCUT2D eigenvalue weighted by molar-refractivity contribution is 0.139. The van der Waals surface area contributed by atoms with Gasteiger partial charge in [0, 0.05) is 11.6 Å². The van der Waals surface area contributed by atoms with Crippen LogP contribution in [0.1, 0.15) is 52.0 Å². The fraction of sp³-hybridized carbons (Fsp3) is 0.667. The molecule has 2 N–H and O–H groups in total. The maximum absolute atomic E-state index is 13.7. The lowest BCUT2D eigenvalue weighted by Gasteiger charge is -2.38. The third-order valence-electron chi connectivity index (χ3n) is 5.10. The molecule has 3 heteroatoms. The van der Waals surface area contributed by atoms with Crippen molar-refractivity contribution < 1.29 is 8.78 Å². The van der Waals surface area contributed by atoms with Gasteiger partial charge in [0.1, 0.15) is 11.6 Å². The Morgan fingerprint density at radius 1 is 1.10 bits per heavy atom. The second kappa shape index (κ2) is 6.43. The summed E-state index contributed by atoms with van der Waals surface area (Å²) in [6.45, 7) is 6.85. The van der Waals surface area contributed by atoms with Gasteiger partial charge in [0.15, 0.2) is 0 Å². The van der Waals surface area contributed by atoms with E-state index in [4.69, 9.17) is 5.73 Å². The van der Waals surface area contributed by atoms with Crippen molar-refractivity contribution in [2.75, 3.05) is 0 Å². The van der Waals surface area contributed by atoms with E-state index < -0.39 is 11.6 Å². The molecule has 118 valence electrons. The van der Waals surface area contributed by atoms with Gasteiger partial charge in [-0.3, -0.25) is 0 Å². The number of halogens is 2. The fourth-order valence-corrected chi connectivity index (χ4v) is 3.54. The standard InChI is InChI=1S/C18H27F2N/c1-18(2,3)13-9-7-12(8-10-13)17(21)11-14-15(19)5-4-6-16(14)20/h4-6,12-13,17H,7-11,21H2,1-3H3. The minimum atomic E-state index is -0.478. The first-order chi connectivity index (χ1) is 9.79. The van der Waals surface area contributed by atoms with E-state index in [0.29, 0.717) is 17.8 Å². The molecule has 0 saturated heterocycles. The second-order valence-corrected chi connectivity index (χ2v) is 7.55. The van der Waals surface area contributed by atoms with E-state index in [1.165, 1.54) is 31.0 Å². The average molecular weight is 295 g/mol. The van der Waals surface area contributed by atoms with E-state index in [1.54, 1.807) is 0 Å². The van der Waals surface area contributed by atoms with Crippen LogP contribution in [0.3, 0.4) is 0 Å². The molecule has 1 atom stereocenters. The molecule has 1 aromatic rings. The molecular weight excluding hydrogens is 268 g/mol. The van der Waals surface area contributed by atoms with Crippen LogP contribution in [-0.2, 0) is 6.42 Å². The normalized spacial score (nSPS) is 24.9. The maximum atomic E-state index is 13.7. The third-order valence-corrected chi connectivity index (χ3v) is 5.10. The highest BCUT2D eigenvalue weighted by Crippen LogP contribution is 2.40. The van der Waals surface area contributed by atoms with E-state index in [1.807, 2.05) is 0 Å². The van der Waals surface area contributed by atoms with Crippen molar-refractivity contribution in [1.29, 1.82) is 0 Å². The molecule has 1 unspecified atom stereocenters. The minimum absolute atomic E-state index is 0.142. The Morgan fingerprint density at radius 3 is 2.10 bits per heavy atom. The van der Waals surface area contributed by atoms with Gasteiger partial charge >= 0.3 is 0 Å². The van der Waals surface area contributed by atoms with Crippen molar-refractivity contribution in [3.63, 3.8) is 0 Å².